The molecule has 1 aromatic heterocycles. The highest BCUT2D eigenvalue weighted by molar-refractivity contribution is 5.61. The Bertz CT molecular complexity index is 687. The van der Waals surface area contributed by atoms with Gasteiger partial charge in [-0.1, -0.05) is 0 Å². The summed E-state index contributed by atoms with van der Waals surface area (Å²) in [7, 11) is 0. The van der Waals surface area contributed by atoms with E-state index >= 15 is 0 Å². The smallest absolute Gasteiger partial charge is 0.162 e. The lowest BCUT2D eigenvalue weighted by Gasteiger charge is -2.21. The Hall–Kier alpha value is -2.14. The molecule has 0 radical (unpaired) electrons. The van der Waals surface area contributed by atoms with Crippen molar-refractivity contribution in [2.24, 2.45) is 5.73 Å². The minimum absolute atomic E-state index is 0.0723. The van der Waals surface area contributed by atoms with E-state index in [1.165, 1.54) is 0 Å². The van der Waals surface area contributed by atoms with Crippen molar-refractivity contribution in [3.63, 3.8) is 0 Å². The first-order valence-electron chi connectivity index (χ1n) is 7.33. The van der Waals surface area contributed by atoms with Gasteiger partial charge in [0.1, 0.15) is 13.2 Å². The topological polar surface area (TPSA) is 70.3 Å². The van der Waals surface area contributed by atoms with Crippen molar-refractivity contribution in [3.05, 3.63) is 35.7 Å². The number of aryl methyl sites for hydroxylation is 1. The third-order valence-corrected chi connectivity index (χ3v) is 4.03. The Labute approximate surface area is 123 Å². The first kappa shape index (κ1) is 12.6. The van der Waals surface area contributed by atoms with Crippen LogP contribution in [0, 0.1) is 0 Å². The molecule has 1 aliphatic heterocycles. The Kier molecular flexibility index (Phi) is 3.00. The Balaban J connectivity index is 1.73. The summed E-state index contributed by atoms with van der Waals surface area (Å²) in [5.74, 6) is 2.27. The summed E-state index contributed by atoms with van der Waals surface area (Å²) >= 11 is 0. The summed E-state index contributed by atoms with van der Waals surface area (Å²) in [5.41, 5.74) is 9.22. The summed E-state index contributed by atoms with van der Waals surface area (Å²) in [5, 5.41) is 0. The molecule has 1 unspecified atom stereocenters. The normalized spacial score (nSPS) is 20.0. The zero-order valence-corrected chi connectivity index (χ0v) is 11.7. The fourth-order valence-corrected chi connectivity index (χ4v) is 2.90. The first-order chi connectivity index (χ1) is 10.3. The fourth-order valence-electron chi connectivity index (χ4n) is 2.90. The van der Waals surface area contributed by atoms with Gasteiger partial charge in [0.15, 0.2) is 17.3 Å². The zero-order chi connectivity index (χ0) is 14.2. The molecule has 0 amide bonds. The van der Waals surface area contributed by atoms with E-state index in [4.69, 9.17) is 20.2 Å². The van der Waals surface area contributed by atoms with E-state index in [0.717, 1.165) is 53.4 Å². The van der Waals surface area contributed by atoms with E-state index in [-0.39, 0.29) is 6.04 Å². The highest BCUT2D eigenvalue weighted by atomic mass is 16.6. The van der Waals surface area contributed by atoms with Gasteiger partial charge < -0.3 is 15.2 Å². The van der Waals surface area contributed by atoms with E-state index in [0.29, 0.717) is 13.2 Å². The second-order valence-corrected chi connectivity index (χ2v) is 5.45. The Morgan fingerprint density at radius 1 is 1.14 bits per heavy atom. The Morgan fingerprint density at radius 2 is 2.00 bits per heavy atom. The molecule has 0 saturated heterocycles. The number of ether oxygens (including phenoxy) is 2. The molecule has 5 heteroatoms. The van der Waals surface area contributed by atoms with Gasteiger partial charge >= 0.3 is 0 Å². The van der Waals surface area contributed by atoms with Crippen LogP contribution in [0.1, 0.15) is 30.1 Å². The third-order valence-electron chi connectivity index (χ3n) is 4.03. The summed E-state index contributed by atoms with van der Waals surface area (Å²) in [6.07, 6.45) is 4.95. The van der Waals surface area contributed by atoms with Crippen LogP contribution >= 0.6 is 0 Å². The Morgan fingerprint density at radius 3 is 2.90 bits per heavy atom. The summed E-state index contributed by atoms with van der Waals surface area (Å²) in [6, 6.07) is 5.90. The lowest BCUT2D eigenvalue weighted by atomic mass is 9.93. The van der Waals surface area contributed by atoms with Crippen molar-refractivity contribution < 1.29 is 9.47 Å². The molecule has 0 saturated carbocycles. The number of nitrogens with zero attached hydrogens (tertiary/aromatic N) is 2. The van der Waals surface area contributed by atoms with E-state index in [1.54, 1.807) is 0 Å². The highest BCUT2D eigenvalue weighted by Gasteiger charge is 2.20. The molecule has 2 aromatic rings. The van der Waals surface area contributed by atoms with E-state index in [2.05, 4.69) is 4.98 Å². The van der Waals surface area contributed by atoms with Gasteiger partial charge in [-0.15, -0.1) is 0 Å². The zero-order valence-electron chi connectivity index (χ0n) is 11.7. The van der Waals surface area contributed by atoms with Crippen molar-refractivity contribution in [1.29, 1.82) is 0 Å². The maximum absolute atomic E-state index is 6.11. The molecule has 4 rings (SSSR count). The minimum Gasteiger partial charge on any atom is -0.486 e. The van der Waals surface area contributed by atoms with Crippen LogP contribution in [0.2, 0.25) is 0 Å². The molecule has 5 nitrogen and oxygen atoms in total. The number of hydrogen-bond acceptors (Lipinski definition) is 5. The van der Waals surface area contributed by atoms with Crippen molar-refractivity contribution >= 4 is 0 Å². The van der Waals surface area contributed by atoms with Gasteiger partial charge in [-0.05, 0) is 37.5 Å². The molecule has 2 heterocycles. The van der Waals surface area contributed by atoms with Crippen LogP contribution in [0.15, 0.2) is 24.4 Å². The molecule has 108 valence electrons. The molecular weight excluding hydrogens is 266 g/mol. The highest BCUT2D eigenvalue weighted by Crippen LogP contribution is 2.34. The van der Waals surface area contributed by atoms with Crippen molar-refractivity contribution in [3.8, 4) is 22.9 Å². The van der Waals surface area contributed by atoms with Crippen LogP contribution in [-0.4, -0.2) is 23.2 Å². The van der Waals surface area contributed by atoms with Crippen molar-refractivity contribution in [2.75, 3.05) is 13.2 Å². The van der Waals surface area contributed by atoms with Crippen LogP contribution in [0.25, 0.3) is 11.4 Å². The second-order valence-electron chi connectivity index (χ2n) is 5.45. The number of nitrogens with two attached hydrogens (primary N) is 1. The average molecular weight is 283 g/mol. The minimum atomic E-state index is 0.0723. The number of aromatic nitrogens is 2. The monoisotopic (exact) mass is 283 g/mol. The molecule has 2 aliphatic rings. The average Bonchev–Trinajstić information content (AvgIpc) is 2.54. The van der Waals surface area contributed by atoms with Gasteiger partial charge in [-0.2, -0.15) is 0 Å². The van der Waals surface area contributed by atoms with Crippen LogP contribution < -0.4 is 15.2 Å². The van der Waals surface area contributed by atoms with Gasteiger partial charge in [-0.3, -0.25) is 0 Å². The van der Waals surface area contributed by atoms with E-state index in [1.807, 2.05) is 24.4 Å². The molecular formula is C16H17N3O2. The molecule has 0 fully saturated rings. The number of benzene rings is 1. The molecule has 2 N–H and O–H groups in total. The fraction of sp³-hybridized carbons (Fsp3) is 0.375. The molecule has 1 aromatic carbocycles. The number of hydrogen-bond donors (Lipinski definition) is 1. The summed E-state index contributed by atoms with van der Waals surface area (Å²) in [6.45, 7) is 1.18. The predicted octanol–water partition coefficient (Wildman–Crippen LogP) is 2.25. The van der Waals surface area contributed by atoms with Crippen LogP contribution in [0.3, 0.4) is 0 Å². The van der Waals surface area contributed by atoms with Gasteiger partial charge in [-0.25, -0.2) is 9.97 Å². The number of rotatable bonds is 1. The third kappa shape index (κ3) is 2.23. The second kappa shape index (κ2) is 5.00. The molecule has 1 aliphatic carbocycles. The van der Waals surface area contributed by atoms with E-state index in [9.17, 15) is 0 Å². The van der Waals surface area contributed by atoms with Gasteiger partial charge in [0.25, 0.3) is 0 Å². The standard InChI is InChI=1S/C16H17N3O2/c17-12-2-1-3-13-11(12)9-18-16(19-13)10-4-5-14-15(8-10)21-7-6-20-14/h4-5,8-9,12H,1-3,6-7,17H2. The number of fused-ring (bicyclic) bond motifs is 2. The van der Waals surface area contributed by atoms with Crippen LogP contribution in [0.5, 0.6) is 11.5 Å². The van der Waals surface area contributed by atoms with E-state index < -0.39 is 0 Å². The van der Waals surface area contributed by atoms with Crippen LogP contribution in [-0.2, 0) is 6.42 Å². The molecule has 0 bridgehead atoms. The molecule has 21 heavy (non-hydrogen) atoms. The van der Waals surface area contributed by atoms with Crippen molar-refractivity contribution in [2.45, 2.75) is 25.3 Å². The summed E-state index contributed by atoms with van der Waals surface area (Å²) < 4.78 is 11.2. The SMILES string of the molecule is NC1CCCc2nc(-c3ccc4c(c3)OCCO4)ncc21. The maximum Gasteiger partial charge on any atom is 0.162 e. The molecule has 0 spiro atoms. The van der Waals surface area contributed by atoms with Gasteiger partial charge in [0.2, 0.25) is 0 Å². The quantitative estimate of drug-likeness (QED) is 0.869. The maximum atomic E-state index is 6.11. The van der Waals surface area contributed by atoms with Gasteiger partial charge in [0.05, 0.1) is 0 Å². The first-order valence-corrected chi connectivity index (χ1v) is 7.33. The molecule has 1 atom stereocenters. The largest absolute Gasteiger partial charge is 0.486 e. The lowest BCUT2D eigenvalue weighted by Crippen LogP contribution is -2.19. The predicted molar refractivity (Wildman–Crippen MR) is 78.3 cm³/mol. The van der Waals surface area contributed by atoms with Gasteiger partial charge in [0, 0.05) is 29.1 Å². The van der Waals surface area contributed by atoms with Crippen LogP contribution in [0.4, 0.5) is 0 Å². The summed E-state index contributed by atoms with van der Waals surface area (Å²) in [4.78, 5) is 9.17. The van der Waals surface area contributed by atoms with Crippen molar-refractivity contribution in [1.82, 2.24) is 9.97 Å². The lowest BCUT2D eigenvalue weighted by molar-refractivity contribution is 0.171.